The van der Waals surface area contributed by atoms with E-state index in [1.54, 1.807) is 19.4 Å². The zero-order valence-corrected chi connectivity index (χ0v) is 12.7. The lowest BCUT2D eigenvalue weighted by atomic mass is 10.2. The summed E-state index contributed by atoms with van der Waals surface area (Å²) in [5.41, 5.74) is 1.03. The number of halogens is 1. The van der Waals surface area contributed by atoms with Gasteiger partial charge in [-0.1, -0.05) is 11.6 Å². The lowest BCUT2D eigenvalue weighted by Crippen LogP contribution is -2.06. The van der Waals surface area contributed by atoms with Crippen molar-refractivity contribution in [3.8, 4) is 5.88 Å². The minimum atomic E-state index is 0.342. The number of methoxy groups -OCH3 is 1. The van der Waals surface area contributed by atoms with Crippen molar-refractivity contribution in [3.63, 3.8) is 0 Å². The first kappa shape index (κ1) is 15.5. The van der Waals surface area contributed by atoms with Crippen LogP contribution in [0.25, 0.3) is 0 Å². The highest BCUT2D eigenvalue weighted by molar-refractivity contribution is 6.29. The van der Waals surface area contributed by atoms with Crippen LogP contribution in [0.1, 0.15) is 18.3 Å². The van der Waals surface area contributed by atoms with Crippen LogP contribution in [-0.4, -0.2) is 28.7 Å². The number of hydrogen-bond acceptors (Lipinski definition) is 6. The molecule has 0 spiro atoms. The summed E-state index contributed by atoms with van der Waals surface area (Å²) < 4.78 is 10.4. The summed E-state index contributed by atoms with van der Waals surface area (Å²) in [6.07, 6.45) is 1.70. The van der Waals surface area contributed by atoms with Crippen molar-refractivity contribution >= 4 is 17.4 Å². The Morgan fingerprint density at radius 1 is 1.29 bits per heavy atom. The molecule has 2 rings (SSSR count). The molecule has 0 saturated heterocycles. The Balaban J connectivity index is 2.03. The third-order valence-electron chi connectivity index (χ3n) is 2.66. The van der Waals surface area contributed by atoms with Crippen LogP contribution in [0.3, 0.4) is 0 Å². The molecule has 0 aliphatic carbocycles. The zero-order chi connectivity index (χ0) is 15.1. The molecule has 0 bridgehead atoms. The molecule has 0 saturated carbocycles. The summed E-state index contributed by atoms with van der Waals surface area (Å²) in [6, 6.07) is 5.44. The van der Waals surface area contributed by atoms with Gasteiger partial charge in [0.05, 0.1) is 7.11 Å². The highest BCUT2D eigenvalue weighted by Crippen LogP contribution is 2.14. The van der Waals surface area contributed by atoms with Crippen LogP contribution in [0.5, 0.6) is 5.88 Å². The van der Waals surface area contributed by atoms with Crippen LogP contribution in [-0.2, 0) is 17.9 Å². The van der Waals surface area contributed by atoms with Gasteiger partial charge in [-0.3, -0.25) is 0 Å². The minimum absolute atomic E-state index is 0.342. The molecule has 0 aromatic carbocycles. The normalized spacial score (nSPS) is 10.4. The van der Waals surface area contributed by atoms with Crippen molar-refractivity contribution < 1.29 is 9.47 Å². The highest BCUT2D eigenvalue weighted by atomic mass is 35.5. The topological polar surface area (TPSA) is 69.2 Å². The molecule has 21 heavy (non-hydrogen) atoms. The third kappa shape index (κ3) is 4.84. The summed E-state index contributed by atoms with van der Waals surface area (Å²) in [5.74, 6) is 1.78. The third-order valence-corrected chi connectivity index (χ3v) is 2.85. The average molecular weight is 309 g/mol. The van der Waals surface area contributed by atoms with E-state index in [1.807, 2.05) is 19.1 Å². The number of pyridine rings is 1. The summed E-state index contributed by atoms with van der Waals surface area (Å²) in [5, 5.41) is 3.58. The van der Waals surface area contributed by atoms with Crippen molar-refractivity contribution in [1.82, 2.24) is 15.0 Å². The number of nitrogens with one attached hydrogen (secondary N) is 1. The Labute approximate surface area is 128 Å². The van der Waals surface area contributed by atoms with E-state index in [0.29, 0.717) is 42.4 Å². The standard InChI is InChI=1S/C14H17ClN4O2/c1-3-21-9-13-18-11(15)7-12(19-13)17-8-10-4-5-16-14(6-10)20-2/h4-7H,3,8-9H2,1-2H3,(H,17,18,19). The second-order valence-electron chi connectivity index (χ2n) is 4.19. The molecular weight excluding hydrogens is 292 g/mol. The van der Waals surface area contributed by atoms with Crippen molar-refractivity contribution in [2.75, 3.05) is 19.0 Å². The SMILES string of the molecule is CCOCc1nc(Cl)cc(NCc2ccnc(OC)c2)n1. The predicted octanol–water partition coefficient (Wildman–Crippen LogP) is 2.68. The Bertz CT molecular complexity index is 595. The molecule has 0 atom stereocenters. The fraction of sp³-hybridized carbons (Fsp3) is 0.357. The van der Waals surface area contributed by atoms with E-state index in [4.69, 9.17) is 21.1 Å². The van der Waals surface area contributed by atoms with Crippen LogP contribution in [0.2, 0.25) is 5.15 Å². The first-order chi connectivity index (χ1) is 10.2. The number of aromatic nitrogens is 3. The summed E-state index contributed by atoms with van der Waals surface area (Å²) >= 11 is 5.98. The van der Waals surface area contributed by atoms with Gasteiger partial charge in [0.2, 0.25) is 5.88 Å². The second-order valence-corrected chi connectivity index (χ2v) is 4.58. The van der Waals surface area contributed by atoms with E-state index in [2.05, 4.69) is 20.3 Å². The van der Waals surface area contributed by atoms with Gasteiger partial charge in [0.1, 0.15) is 17.6 Å². The van der Waals surface area contributed by atoms with E-state index in [1.165, 1.54) is 0 Å². The molecule has 0 amide bonds. The summed E-state index contributed by atoms with van der Waals surface area (Å²) in [6.45, 7) is 3.45. The highest BCUT2D eigenvalue weighted by Gasteiger charge is 2.04. The molecule has 0 aliphatic heterocycles. The van der Waals surface area contributed by atoms with Gasteiger partial charge >= 0.3 is 0 Å². The first-order valence-electron chi connectivity index (χ1n) is 6.55. The van der Waals surface area contributed by atoms with Gasteiger partial charge in [0, 0.05) is 31.5 Å². The Morgan fingerprint density at radius 3 is 2.90 bits per heavy atom. The quantitative estimate of drug-likeness (QED) is 0.793. The van der Waals surface area contributed by atoms with Crippen LogP contribution in [0, 0.1) is 0 Å². The molecule has 2 aromatic rings. The van der Waals surface area contributed by atoms with Gasteiger partial charge in [-0.25, -0.2) is 15.0 Å². The molecular formula is C14H17ClN4O2. The lowest BCUT2D eigenvalue weighted by molar-refractivity contribution is 0.128. The van der Waals surface area contributed by atoms with Crippen molar-refractivity contribution in [3.05, 3.63) is 40.9 Å². The molecule has 2 aromatic heterocycles. The van der Waals surface area contributed by atoms with Gasteiger partial charge in [-0.05, 0) is 18.6 Å². The number of ether oxygens (including phenoxy) is 2. The van der Waals surface area contributed by atoms with Crippen LogP contribution < -0.4 is 10.1 Å². The van der Waals surface area contributed by atoms with E-state index < -0.39 is 0 Å². The number of nitrogens with zero attached hydrogens (tertiary/aromatic N) is 3. The number of hydrogen-bond donors (Lipinski definition) is 1. The van der Waals surface area contributed by atoms with Gasteiger partial charge in [-0.2, -0.15) is 0 Å². The summed E-state index contributed by atoms with van der Waals surface area (Å²) in [7, 11) is 1.59. The predicted molar refractivity (Wildman–Crippen MR) is 80.5 cm³/mol. The fourth-order valence-corrected chi connectivity index (χ4v) is 1.88. The van der Waals surface area contributed by atoms with Crippen LogP contribution >= 0.6 is 11.6 Å². The Morgan fingerprint density at radius 2 is 2.14 bits per heavy atom. The average Bonchev–Trinajstić information content (AvgIpc) is 2.50. The van der Waals surface area contributed by atoms with Gasteiger partial charge in [0.15, 0.2) is 5.82 Å². The molecule has 0 fully saturated rings. The van der Waals surface area contributed by atoms with E-state index >= 15 is 0 Å². The smallest absolute Gasteiger partial charge is 0.213 e. The van der Waals surface area contributed by atoms with Crippen LogP contribution in [0.4, 0.5) is 5.82 Å². The molecule has 0 radical (unpaired) electrons. The van der Waals surface area contributed by atoms with E-state index in [0.717, 1.165) is 5.56 Å². The van der Waals surface area contributed by atoms with Crippen LogP contribution in [0.15, 0.2) is 24.4 Å². The molecule has 0 aliphatic rings. The second kappa shape index (κ2) is 7.75. The lowest BCUT2D eigenvalue weighted by Gasteiger charge is -2.08. The number of rotatable bonds is 7. The maximum atomic E-state index is 5.98. The monoisotopic (exact) mass is 308 g/mol. The fourth-order valence-electron chi connectivity index (χ4n) is 1.68. The van der Waals surface area contributed by atoms with E-state index in [9.17, 15) is 0 Å². The Kier molecular flexibility index (Phi) is 5.71. The first-order valence-corrected chi connectivity index (χ1v) is 6.93. The maximum absolute atomic E-state index is 5.98. The number of anilines is 1. The van der Waals surface area contributed by atoms with Gasteiger partial charge < -0.3 is 14.8 Å². The summed E-state index contributed by atoms with van der Waals surface area (Å²) in [4.78, 5) is 12.5. The molecule has 6 nitrogen and oxygen atoms in total. The van der Waals surface area contributed by atoms with Gasteiger partial charge in [0.25, 0.3) is 0 Å². The maximum Gasteiger partial charge on any atom is 0.213 e. The van der Waals surface area contributed by atoms with Crippen molar-refractivity contribution in [2.24, 2.45) is 0 Å². The molecule has 2 heterocycles. The van der Waals surface area contributed by atoms with Crippen molar-refractivity contribution in [1.29, 1.82) is 0 Å². The molecule has 1 N–H and O–H groups in total. The minimum Gasteiger partial charge on any atom is -0.481 e. The van der Waals surface area contributed by atoms with Crippen molar-refractivity contribution in [2.45, 2.75) is 20.1 Å². The Hall–Kier alpha value is -1.92. The molecule has 112 valence electrons. The van der Waals surface area contributed by atoms with E-state index in [-0.39, 0.29) is 0 Å². The zero-order valence-electron chi connectivity index (χ0n) is 12.0. The van der Waals surface area contributed by atoms with Gasteiger partial charge in [-0.15, -0.1) is 0 Å². The largest absolute Gasteiger partial charge is 0.481 e. The molecule has 0 unspecified atom stereocenters. The molecule has 7 heteroatoms.